The van der Waals surface area contributed by atoms with Crippen LogP contribution in [-0.4, -0.2) is 42.6 Å². The molecule has 110 valence electrons. The zero-order valence-corrected chi connectivity index (χ0v) is 11.7. The lowest BCUT2D eigenvalue weighted by molar-refractivity contribution is -0.149. The highest BCUT2D eigenvalue weighted by molar-refractivity contribution is 5.78. The van der Waals surface area contributed by atoms with E-state index in [4.69, 9.17) is 0 Å². The van der Waals surface area contributed by atoms with Crippen molar-refractivity contribution in [2.24, 2.45) is 5.41 Å². The highest BCUT2D eigenvalue weighted by Crippen LogP contribution is 2.25. The number of carbonyl (C=O) groups is 3. The second-order valence-electron chi connectivity index (χ2n) is 4.39. The first kappa shape index (κ1) is 17.2. The van der Waals surface area contributed by atoms with Gasteiger partial charge in [-0.3, -0.25) is 9.59 Å². The normalized spacial score (nSPS) is 10.7. The Labute approximate surface area is 113 Å². The fourth-order valence-corrected chi connectivity index (χ4v) is 1.60. The maximum absolute atomic E-state index is 11.5. The second kappa shape index (κ2) is 8.34. The topological polar surface area (TPSA) is 108 Å². The van der Waals surface area contributed by atoms with E-state index in [1.807, 2.05) is 0 Å². The van der Waals surface area contributed by atoms with Crippen LogP contribution in [0.2, 0.25) is 0 Å². The lowest BCUT2D eigenvalue weighted by Crippen LogP contribution is -2.47. The summed E-state index contributed by atoms with van der Waals surface area (Å²) < 4.78 is 0. The van der Waals surface area contributed by atoms with Gasteiger partial charge in [0.15, 0.2) is 0 Å². The van der Waals surface area contributed by atoms with Gasteiger partial charge in [-0.15, -0.1) is 0 Å². The SMILES string of the molecule is CCC(CC)(CNC(=O)NCCNC(C)=O)C(=O)O. The van der Waals surface area contributed by atoms with Crippen LogP contribution >= 0.6 is 0 Å². The van der Waals surface area contributed by atoms with Gasteiger partial charge in [0.05, 0.1) is 5.41 Å². The molecule has 0 heterocycles. The van der Waals surface area contributed by atoms with Gasteiger partial charge in [0.25, 0.3) is 0 Å². The van der Waals surface area contributed by atoms with Gasteiger partial charge < -0.3 is 21.1 Å². The molecule has 0 radical (unpaired) electrons. The van der Waals surface area contributed by atoms with Gasteiger partial charge >= 0.3 is 12.0 Å². The molecule has 0 aliphatic rings. The van der Waals surface area contributed by atoms with E-state index in [1.54, 1.807) is 13.8 Å². The van der Waals surface area contributed by atoms with Crippen molar-refractivity contribution >= 4 is 17.9 Å². The Morgan fingerprint density at radius 1 is 1.00 bits per heavy atom. The predicted octanol–water partition coefficient (Wildman–Crippen LogP) is 0.313. The van der Waals surface area contributed by atoms with Crippen molar-refractivity contribution in [2.45, 2.75) is 33.6 Å². The number of rotatable bonds is 8. The highest BCUT2D eigenvalue weighted by atomic mass is 16.4. The third kappa shape index (κ3) is 6.08. The van der Waals surface area contributed by atoms with Gasteiger partial charge in [-0.25, -0.2) is 4.79 Å². The Bertz CT molecular complexity index is 327. The molecule has 0 atom stereocenters. The van der Waals surface area contributed by atoms with E-state index in [9.17, 15) is 19.5 Å². The number of nitrogens with one attached hydrogen (secondary N) is 3. The third-order valence-electron chi connectivity index (χ3n) is 3.18. The van der Waals surface area contributed by atoms with Crippen LogP contribution in [-0.2, 0) is 9.59 Å². The Hall–Kier alpha value is -1.79. The maximum Gasteiger partial charge on any atom is 0.314 e. The molecule has 0 saturated heterocycles. The van der Waals surface area contributed by atoms with E-state index in [0.29, 0.717) is 25.9 Å². The van der Waals surface area contributed by atoms with Crippen LogP contribution in [0.3, 0.4) is 0 Å². The minimum Gasteiger partial charge on any atom is -0.481 e. The lowest BCUT2D eigenvalue weighted by atomic mass is 9.82. The second-order valence-corrected chi connectivity index (χ2v) is 4.39. The van der Waals surface area contributed by atoms with Crippen LogP contribution in [0.4, 0.5) is 4.79 Å². The molecule has 7 nitrogen and oxygen atoms in total. The summed E-state index contributed by atoms with van der Waals surface area (Å²) in [5, 5.41) is 16.8. The standard InChI is InChI=1S/C12H23N3O4/c1-4-12(5-2,10(17)18)8-15-11(19)14-7-6-13-9(3)16/h4-8H2,1-3H3,(H,13,16)(H,17,18)(H2,14,15,19). The minimum atomic E-state index is -0.922. The quantitative estimate of drug-likeness (QED) is 0.477. The van der Waals surface area contributed by atoms with Gasteiger partial charge in [-0.05, 0) is 12.8 Å². The smallest absolute Gasteiger partial charge is 0.314 e. The number of carboxylic acids is 1. The van der Waals surface area contributed by atoms with Crippen LogP contribution in [0.15, 0.2) is 0 Å². The first-order valence-corrected chi connectivity index (χ1v) is 6.37. The molecule has 0 spiro atoms. The number of urea groups is 1. The number of hydrogen-bond acceptors (Lipinski definition) is 3. The molecule has 3 amide bonds. The molecule has 7 heteroatoms. The molecule has 19 heavy (non-hydrogen) atoms. The predicted molar refractivity (Wildman–Crippen MR) is 70.7 cm³/mol. The van der Waals surface area contributed by atoms with Crippen LogP contribution in [0.5, 0.6) is 0 Å². The zero-order chi connectivity index (χ0) is 14.9. The number of hydrogen-bond donors (Lipinski definition) is 4. The van der Waals surface area contributed by atoms with Crippen LogP contribution in [0.1, 0.15) is 33.6 Å². The summed E-state index contributed by atoms with van der Waals surface area (Å²) in [7, 11) is 0. The summed E-state index contributed by atoms with van der Waals surface area (Å²) in [4.78, 5) is 33.3. The summed E-state index contributed by atoms with van der Waals surface area (Å²) in [5.41, 5.74) is -0.922. The van der Waals surface area contributed by atoms with Crippen LogP contribution in [0.25, 0.3) is 0 Å². The molecular formula is C12H23N3O4. The van der Waals surface area contributed by atoms with E-state index >= 15 is 0 Å². The Kier molecular flexibility index (Phi) is 7.55. The summed E-state index contributed by atoms with van der Waals surface area (Å²) in [6.07, 6.45) is 0.899. The Morgan fingerprint density at radius 3 is 1.95 bits per heavy atom. The zero-order valence-electron chi connectivity index (χ0n) is 11.7. The fraction of sp³-hybridized carbons (Fsp3) is 0.750. The summed E-state index contributed by atoms with van der Waals surface area (Å²) >= 11 is 0. The summed E-state index contributed by atoms with van der Waals surface area (Å²) in [5.74, 6) is -1.07. The summed E-state index contributed by atoms with van der Waals surface area (Å²) in [6.45, 7) is 5.69. The van der Waals surface area contributed by atoms with Crippen molar-refractivity contribution in [3.63, 3.8) is 0 Å². The number of amides is 3. The molecule has 0 aliphatic heterocycles. The van der Waals surface area contributed by atoms with E-state index in [1.165, 1.54) is 6.92 Å². The molecule has 0 aromatic heterocycles. The van der Waals surface area contributed by atoms with Crippen LogP contribution < -0.4 is 16.0 Å². The lowest BCUT2D eigenvalue weighted by Gasteiger charge is -2.26. The van der Waals surface area contributed by atoms with Gasteiger partial charge in [0, 0.05) is 26.6 Å². The Balaban J connectivity index is 4.06. The van der Waals surface area contributed by atoms with Gasteiger partial charge in [0.1, 0.15) is 0 Å². The van der Waals surface area contributed by atoms with E-state index in [0.717, 1.165) is 0 Å². The molecule has 0 saturated carbocycles. The molecule has 0 rings (SSSR count). The highest BCUT2D eigenvalue weighted by Gasteiger charge is 2.35. The number of carbonyl (C=O) groups excluding carboxylic acids is 2. The van der Waals surface area contributed by atoms with Crippen molar-refractivity contribution in [3.8, 4) is 0 Å². The van der Waals surface area contributed by atoms with Crippen molar-refractivity contribution in [3.05, 3.63) is 0 Å². The van der Waals surface area contributed by atoms with E-state index in [2.05, 4.69) is 16.0 Å². The molecule has 4 N–H and O–H groups in total. The maximum atomic E-state index is 11.5. The van der Waals surface area contributed by atoms with Crippen molar-refractivity contribution in [1.82, 2.24) is 16.0 Å². The monoisotopic (exact) mass is 273 g/mol. The average molecular weight is 273 g/mol. The molecule has 0 aromatic rings. The van der Waals surface area contributed by atoms with Crippen LogP contribution in [0, 0.1) is 5.41 Å². The third-order valence-corrected chi connectivity index (χ3v) is 3.18. The van der Waals surface area contributed by atoms with Gasteiger partial charge in [-0.1, -0.05) is 13.8 Å². The molecule has 0 unspecified atom stereocenters. The van der Waals surface area contributed by atoms with E-state index in [-0.39, 0.29) is 12.5 Å². The van der Waals surface area contributed by atoms with Crippen molar-refractivity contribution in [1.29, 1.82) is 0 Å². The van der Waals surface area contributed by atoms with Gasteiger partial charge in [0.2, 0.25) is 5.91 Å². The Morgan fingerprint density at radius 2 is 1.53 bits per heavy atom. The average Bonchev–Trinajstić information content (AvgIpc) is 2.36. The molecule has 0 fully saturated rings. The van der Waals surface area contributed by atoms with Crippen molar-refractivity contribution in [2.75, 3.05) is 19.6 Å². The number of carboxylic acid groups (broad SMARTS) is 1. The molecule has 0 bridgehead atoms. The van der Waals surface area contributed by atoms with E-state index < -0.39 is 17.4 Å². The van der Waals surface area contributed by atoms with Gasteiger partial charge in [-0.2, -0.15) is 0 Å². The molecule has 0 aliphatic carbocycles. The fourth-order valence-electron chi connectivity index (χ4n) is 1.60. The molecular weight excluding hydrogens is 250 g/mol. The molecule has 0 aromatic carbocycles. The summed E-state index contributed by atoms with van der Waals surface area (Å²) in [6, 6.07) is -0.433. The largest absolute Gasteiger partial charge is 0.481 e. The van der Waals surface area contributed by atoms with Crippen molar-refractivity contribution < 1.29 is 19.5 Å². The number of aliphatic carboxylic acids is 1. The first-order chi connectivity index (χ1) is 8.88. The minimum absolute atomic E-state index is 0.0846. The first-order valence-electron chi connectivity index (χ1n) is 6.37.